The zero-order chi connectivity index (χ0) is 38.2. The van der Waals surface area contributed by atoms with Gasteiger partial charge in [0.1, 0.15) is 0 Å². The fourth-order valence-electron chi connectivity index (χ4n) is 5.99. The average molecular weight is 886 g/mol. The Morgan fingerprint density at radius 3 is 0.755 bits per heavy atom. The van der Waals surface area contributed by atoms with Crippen LogP contribution in [0.1, 0.15) is 71.8 Å². The Bertz CT molecular complexity index is 678. The third-order valence-electron chi connectivity index (χ3n) is 5.40. The monoisotopic (exact) mass is 885 g/mol. The zero-order valence-electron chi connectivity index (χ0n) is 36.4. The lowest BCUT2D eigenvalue weighted by molar-refractivity contribution is 0.260. The van der Waals surface area contributed by atoms with Crippen LogP contribution in [0.15, 0.2) is 0 Å². The molecule has 0 aromatic heterocycles. The van der Waals surface area contributed by atoms with Gasteiger partial charge in [0.25, 0.3) is 0 Å². The van der Waals surface area contributed by atoms with Gasteiger partial charge in [-0.15, -0.1) is 0 Å². The van der Waals surface area contributed by atoms with Gasteiger partial charge in [-0.05, 0) is 115 Å². The molecule has 0 aromatic rings. The van der Waals surface area contributed by atoms with Gasteiger partial charge >= 0.3 is 35.7 Å². The first-order chi connectivity index (χ1) is 20.1. The van der Waals surface area contributed by atoms with E-state index in [1.54, 1.807) is 0 Å². The lowest BCUT2D eigenvalue weighted by Gasteiger charge is -2.40. The summed E-state index contributed by atoms with van der Waals surface area (Å²) in [7, 11) is -14.3. The van der Waals surface area contributed by atoms with Gasteiger partial charge in [-0.25, -0.2) is 0 Å². The largest absolute Gasteiger partial charge is 0.456 e. The first kappa shape index (κ1) is 65.8. The van der Waals surface area contributed by atoms with E-state index in [1.165, 1.54) is 11.3 Å². The van der Waals surface area contributed by atoms with E-state index in [9.17, 15) is 0 Å². The molecule has 0 saturated carbocycles. The molecule has 0 amide bonds. The van der Waals surface area contributed by atoms with Crippen LogP contribution in [-0.4, -0.2) is 85.1 Å². The van der Waals surface area contributed by atoms with E-state index in [0.717, 1.165) is 12.1 Å². The van der Waals surface area contributed by atoms with Gasteiger partial charge in [0, 0.05) is 22.1 Å². The molecule has 0 atom stereocenters. The van der Waals surface area contributed by atoms with Gasteiger partial charge in [0.15, 0.2) is 33.3 Å². The number of rotatable bonds is 10. The third-order valence-corrected chi connectivity index (χ3v) is 44.6. The second-order valence-electron chi connectivity index (χ2n) is 18.4. The molecule has 0 radical (unpaired) electrons. The summed E-state index contributed by atoms with van der Waals surface area (Å²) >= 11 is 0. The van der Waals surface area contributed by atoms with Crippen molar-refractivity contribution in [3.05, 3.63) is 0 Å². The van der Waals surface area contributed by atoms with E-state index in [1.807, 2.05) is 0 Å². The minimum atomic E-state index is -2.01. The van der Waals surface area contributed by atoms with Crippen molar-refractivity contribution in [2.45, 2.75) is 220 Å². The van der Waals surface area contributed by atoms with Crippen molar-refractivity contribution in [1.29, 1.82) is 0 Å². The summed E-state index contributed by atoms with van der Waals surface area (Å²) in [4.78, 5) is 0. The summed E-state index contributed by atoms with van der Waals surface area (Å²) in [5.41, 5.74) is 2.79. The van der Waals surface area contributed by atoms with Gasteiger partial charge in [0.2, 0.25) is 0 Å². The van der Waals surface area contributed by atoms with Crippen LogP contribution >= 0.6 is 0 Å². The summed E-state index contributed by atoms with van der Waals surface area (Å²) in [6.45, 7) is 50.6. The average Bonchev–Trinajstić information content (AvgIpc) is 2.73. The van der Waals surface area contributed by atoms with E-state index in [2.05, 4.69) is 145 Å². The van der Waals surface area contributed by atoms with E-state index < -0.39 is 85.1 Å². The molecule has 1 rings (SSSR count). The second-order valence-corrected chi connectivity index (χ2v) is 61.3. The first-order valence-corrected chi connectivity index (χ1v) is 45.8. The Morgan fingerprint density at radius 1 is 0.449 bits per heavy atom. The molecule has 316 valence electrons. The first-order valence-electron chi connectivity index (χ1n) is 18.2. The Morgan fingerprint density at radius 2 is 0.633 bits per heavy atom. The molecule has 6 nitrogen and oxygen atoms in total. The molecule has 0 aromatic carbocycles. The van der Waals surface area contributed by atoms with Gasteiger partial charge in [-0.1, -0.05) is 105 Å². The molecule has 0 aliphatic carbocycles. The van der Waals surface area contributed by atoms with Crippen LogP contribution in [0.25, 0.3) is 0 Å². The lowest BCUT2D eigenvalue weighted by atomic mass is 11.0. The van der Waals surface area contributed by atoms with Crippen molar-refractivity contribution in [2.24, 2.45) is 0 Å². The van der Waals surface area contributed by atoms with Crippen molar-refractivity contribution >= 4 is 85.1 Å². The molecule has 1 aliphatic heterocycles. The maximum absolute atomic E-state index is 6.31. The Balaban J connectivity index is -0.0000000500. The standard InChI is InChI=1S/2C9H26OSi3.C8H24O4Si4.7CH4.2H2/c2*1-11(2,3)9-13(7,8)10-12(4,5)6;1-7-13-9-15(3,4)11-14(8-2)12-16(5,6)10-13;;;;;;;;;/h2*9H2,1-8H3;13-14H,7-8H2,1-6H3;7*1H4;2*1H/i;;;;;;;;;;2*1+1D. The van der Waals surface area contributed by atoms with Gasteiger partial charge in [0.05, 0.1) is 0 Å². The molecule has 1 aliphatic rings. The van der Waals surface area contributed by atoms with E-state index in [4.69, 9.17) is 30.6 Å². The molecule has 1 heterocycles. The Kier molecular flexibility index (Phi) is 36.9. The summed E-state index contributed by atoms with van der Waals surface area (Å²) in [5.74, 6) is 0. The van der Waals surface area contributed by atoms with Crippen molar-refractivity contribution in [1.82, 2.24) is 0 Å². The van der Waals surface area contributed by atoms with Crippen molar-refractivity contribution in [3.63, 3.8) is 0 Å². The van der Waals surface area contributed by atoms with Crippen molar-refractivity contribution in [3.8, 4) is 0 Å². The lowest BCUT2D eigenvalue weighted by Crippen LogP contribution is -2.56. The minimum absolute atomic E-state index is 0. The van der Waals surface area contributed by atoms with Crippen LogP contribution < -0.4 is 0 Å². The smallest absolute Gasteiger partial charge is 0.313 e. The molecule has 0 N–H and O–H groups in total. The number of hydrogen-bond acceptors (Lipinski definition) is 6. The van der Waals surface area contributed by atoms with Crippen LogP contribution in [0, 0.1) is 0 Å². The van der Waals surface area contributed by atoms with E-state index in [0.29, 0.717) is 0 Å². The highest BCUT2D eigenvalue weighted by Crippen LogP contribution is 2.26. The molecule has 1 fully saturated rings. The van der Waals surface area contributed by atoms with Crippen LogP contribution in [0.5, 0.6) is 0 Å². The van der Waals surface area contributed by atoms with Crippen molar-refractivity contribution in [2.75, 3.05) is 0 Å². The number of hydrogen-bond donors (Lipinski definition) is 0. The molecule has 0 bridgehead atoms. The van der Waals surface area contributed by atoms with Gasteiger partial charge < -0.3 is 24.7 Å². The van der Waals surface area contributed by atoms with Crippen LogP contribution in [0.3, 0.4) is 0 Å². The summed E-state index contributed by atoms with van der Waals surface area (Å²) in [5, 5.41) is 0. The van der Waals surface area contributed by atoms with E-state index in [-0.39, 0.29) is 52.0 Å². The summed E-state index contributed by atoms with van der Waals surface area (Å²) in [6.07, 6.45) is 0. The normalized spacial score (nSPS) is 19.3. The Labute approximate surface area is 334 Å². The second kappa shape index (κ2) is 27.5. The molecule has 1 saturated heterocycles. The van der Waals surface area contributed by atoms with Gasteiger partial charge in [-0.2, -0.15) is 0 Å². The highest BCUT2D eigenvalue weighted by molar-refractivity contribution is 6.96. The van der Waals surface area contributed by atoms with Crippen LogP contribution in [-0.2, 0) is 24.7 Å². The fourth-order valence-corrected chi connectivity index (χ4v) is 57.1. The summed E-state index contributed by atoms with van der Waals surface area (Å²) < 4.78 is 57.1. The van der Waals surface area contributed by atoms with E-state index >= 15 is 0 Å². The molecule has 0 unspecified atom stereocenters. The van der Waals surface area contributed by atoms with Crippen molar-refractivity contribution < 1.29 is 30.6 Å². The molecular weight excluding hydrogens is 773 g/mol. The predicted molar refractivity (Wildman–Crippen MR) is 266 cm³/mol. The Hall–Kier alpha value is 1.93. The maximum atomic E-state index is 6.31. The molecular formula is C33H108O6Si10. The zero-order valence-corrected chi connectivity index (χ0v) is 42.7. The van der Waals surface area contributed by atoms with Crippen LogP contribution in [0.2, 0.25) is 154 Å². The molecule has 16 heteroatoms. The topological polar surface area (TPSA) is 55.4 Å². The fraction of sp³-hybridized carbons (Fsp3) is 1.00. The molecule has 0 spiro atoms. The summed E-state index contributed by atoms with van der Waals surface area (Å²) in [6, 6.07) is 1.97. The maximum Gasteiger partial charge on any atom is 0.313 e. The van der Waals surface area contributed by atoms with Crippen LogP contribution in [0.4, 0.5) is 0 Å². The quantitative estimate of drug-likeness (QED) is 0.204. The molecule has 49 heavy (non-hydrogen) atoms. The van der Waals surface area contributed by atoms with Gasteiger partial charge in [-0.3, -0.25) is 0 Å². The third kappa shape index (κ3) is 46.0. The minimum Gasteiger partial charge on any atom is -0.456 e. The highest BCUT2D eigenvalue weighted by atomic mass is 28.5. The highest BCUT2D eigenvalue weighted by Gasteiger charge is 2.42. The SMILES string of the molecule is C.C.C.C.C.C.C.CC[SiH]1O[Si](C)(C)O[SiH](CC)O[Si](C)(C)O1.C[Si](C)(C)C[Si](C)(C)O[Si](C)(C)C.C[Si](C)(C)C[Si](C)(C)O[Si](C)(C)C.[2H][2H].[2H][2H]. The predicted octanol–water partition coefficient (Wildman–Crippen LogP) is 14.7.